The maximum atomic E-state index is 11.8. The van der Waals surface area contributed by atoms with E-state index < -0.39 is 0 Å². The molecule has 0 saturated carbocycles. The molecule has 1 aliphatic heterocycles. The first kappa shape index (κ1) is 11.6. The summed E-state index contributed by atoms with van der Waals surface area (Å²) < 4.78 is 5.14. The summed E-state index contributed by atoms with van der Waals surface area (Å²) in [4.78, 5) is 13.2. The third-order valence-electron chi connectivity index (χ3n) is 2.98. The lowest BCUT2D eigenvalue weighted by molar-refractivity contribution is -0.149. The second-order valence-electron chi connectivity index (χ2n) is 3.97. The summed E-state index contributed by atoms with van der Waals surface area (Å²) in [5.41, 5.74) is 0. The van der Waals surface area contributed by atoms with Gasteiger partial charge < -0.3 is 10.1 Å². The molecule has 0 amide bonds. The lowest BCUT2D eigenvalue weighted by Crippen LogP contribution is -2.40. The van der Waals surface area contributed by atoms with Crippen molar-refractivity contribution in [3.05, 3.63) is 22.4 Å². The first-order valence-electron chi connectivity index (χ1n) is 5.73. The standard InChI is InChI=1S/C12H17NO2S/c1-2-15-12(14)10-8-13-6-5-9(10)11-4-3-7-16-11/h3-4,7,9-10,13H,2,5-6,8H2,1H3/t9-,10+/m0/s1. The van der Waals surface area contributed by atoms with E-state index in [0.29, 0.717) is 12.5 Å². The highest BCUT2D eigenvalue weighted by molar-refractivity contribution is 7.10. The van der Waals surface area contributed by atoms with Crippen LogP contribution in [0.1, 0.15) is 24.1 Å². The summed E-state index contributed by atoms with van der Waals surface area (Å²) in [6.45, 7) is 4.04. The van der Waals surface area contributed by atoms with Crippen molar-refractivity contribution in [3.8, 4) is 0 Å². The van der Waals surface area contributed by atoms with Crippen molar-refractivity contribution in [2.75, 3.05) is 19.7 Å². The van der Waals surface area contributed by atoms with Gasteiger partial charge in [-0.25, -0.2) is 0 Å². The third-order valence-corrected chi connectivity index (χ3v) is 3.98. The zero-order chi connectivity index (χ0) is 11.4. The largest absolute Gasteiger partial charge is 0.466 e. The van der Waals surface area contributed by atoms with Crippen LogP contribution in [0.2, 0.25) is 0 Å². The van der Waals surface area contributed by atoms with E-state index >= 15 is 0 Å². The molecule has 0 unspecified atom stereocenters. The molecule has 16 heavy (non-hydrogen) atoms. The van der Waals surface area contributed by atoms with E-state index in [1.807, 2.05) is 13.0 Å². The number of rotatable bonds is 3. The Bertz CT molecular complexity index is 337. The Kier molecular flexibility index (Phi) is 3.96. The molecule has 2 rings (SSSR count). The molecule has 1 saturated heterocycles. The molecule has 3 nitrogen and oxygen atoms in total. The molecule has 0 aliphatic carbocycles. The lowest BCUT2D eigenvalue weighted by atomic mass is 9.85. The first-order chi connectivity index (χ1) is 7.83. The minimum Gasteiger partial charge on any atom is -0.466 e. The minimum absolute atomic E-state index is 0.0210. The predicted molar refractivity (Wildman–Crippen MR) is 64.7 cm³/mol. The van der Waals surface area contributed by atoms with Crippen molar-refractivity contribution in [3.63, 3.8) is 0 Å². The van der Waals surface area contributed by atoms with E-state index in [2.05, 4.69) is 16.8 Å². The molecule has 2 atom stereocenters. The highest BCUT2D eigenvalue weighted by Crippen LogP contribution is 2.33. The van der Waals surface area contributed by atoms with Crippen molar-refractivity contribution < 1.29 is 9.53 Å². The summed E-state index contributed by atoms with van der Waals surface area (Å²) in [6.07, 6.45) is 1.02. The van der Waals surface area contributed by atoms with Gasteiger partial charge in [0.05, 0.1) is 12.5 Å². The highest BCUT2D eigenvalue weighted by Gasteiger charge is 2.33. The van der Waals surface area contributed by atoms with Crippen LogP contribution in [0.25, 0.3) is 0 Å². The van der Waals surface area contributed by atoms with E-state index in [4.69, 9.17) is 4.74 Å². The number of piperidine rings is 1. The SMILES string of the molecule is CCOC(=O)[C@@H]1CNCC[C@@H]1c1cccs1. The van der Waals surface area contributed by atoms with Gasteiger partial charge in [0.15, 0.2) is 0 Å². The van der Waals surface area contributed by atoms with Crippen LogP contribution in [0.15, 0.2) is 17.5 Å². The minimum atomic E-state index is -0.0619. The second kappa shape index (κ2) is 5.46. The van der Waals surface area contributed by atoms with Crippen molar-refractivity contribution >= 4 is 17.3 Å². The number of ether oxygens (including phenoxy) is 1. The summed E-state index contributed by atoms with van der Waals surface area (Å²) in [7, 11) is 0. The maximum Gasteiger partial charge on any atom is 0.310 e. The molecule has 0 radical (unpaired) electrons. The molecule has 1 aromatic heterocycles. The monoisotopic (exact) mass is 239 g/mol. The van der Waals surface area contributed by atoms with Gasteiger partial charge in [-0.3, -0.25) is 4.79 Å². The number of thiophene rings is 1. The zero-order valence-corrected chi connectivity index (χ0v) is 10.3. The molecule has 2 heterocycles. The Morgan fingerprint density at radius 1 is 1.69 bits per heavy atom. The van der Waals surface area contributed by atoms with Gasteiger partial charge in [-0.15, -0.1) is 11.3 Å². The Labute approximate surface area is 99.8 Å². The van der Waals surface area contributed by atoms with Crippen molar-refractivity contribution in [1.82, 2.24) is 5.32 Å². The second-order valence-corrected chi connectivity index (χ2v) is 4.95. The molecular formula is C12H17NO2S. The highest BCUT2D eigenvalue weighted by atomic mass is 32.1. The van der Waals surface area contributed by atoms with Gasteiger partial charge in [-0.1, -0.05) is 6.07 Å². The average Bonchev–Trinajstić information content (AvgIpc) is 2.83. The number of nitrogens with one attached hydrogen (secondary N) is 1. The molecule has 1 N–H and O–H groups in total. The number of hydrogen-bond acceptors (Lipinski definition) is 4. The van der Waals surface area contributed by atoms with Crippen LogP contribution in [0, 0.1) is 5.92 Å². The molecule has 88 valence electrons. The normalized spacial score (nSPS) is 25.3. The molecular weight excluding hydrogens is 222 g/mol. The van der Waals surface area contributed by atoms with Gasteiger partial charge in [-0.2, -0.15) is 0 Å². The van der Waals surface area contributed by atoms with E-state index in [0.717, 1.165) is 19.5 Å². The van der Waals surface area contributed by atoms with Gasteiger partial charge in [-0.05, 0) is 31.3 Å². The van der Waals surface area contributed by atoms with Gasteiger partial charge in [0, 0.05) is 17.3 Å². The lowest BCUT2D eigenvalue weighted by Gasteiger charge is -2.29. The van der Waals surface area contributed by atoms with Gasteiger partial charge in [0.1, 0.15) is 0 Å². The number of carbonyl (C=O) groups is 1. The Balaban J connectivity index is 2.11. The van der Waals surface area contributed by atoms with E-state index in [1.165, 1.54) is 4.88 Å². The summed E-state index contributed by atoms with van der Waals surface area (Å²) in [6, 6.07) is 4.16. The van der Waals surface area contributed by atoms with Crippen LogP contribution < -0.4 is 5.32 Å². The van der Waals surface area contributed by atoms with Crippen LogP contribution in [-0.4, -0.2) is 25.7 Å². The van der Waals surface area contributed by atoms with Crippen LogP contribution in [0.5, 0.6) is 0 Å². The van der Waals surface area contributed by atoms with Crippen molar-refractivity contribution in [1.29, 1.82) is 0 Å². The topological polar surface area (TPSA) is 38.3 Å². The molecule has 1 aromatic rings. The molecule has 0 bridgehead atoms. The number of esters is 1. The van der Waals surface area contributed by atoms with Gasteiger partial charge >= 0.3 is 5.97 Å². The fraction of sp³-hybridized carbons (Fsp3) is 0.583. The fourth-order valence-electron chi connectivity index (χ4n) is 2.20. The van der Waals surface area contributed by atoms with Crippen LogP contribution in [-0.2, 0) is 9.53 Å². The van der Waals surface area contributed by atoms with Gasteiger partial charge in [0.25, 0.3) is 0 Å². The van der Waals surface area contributed by atoms with Crippen LogP contribution >= 0.6 is 11.3 Å². The molecule has 0 spiro atoms. The fourth-order valence-corrected chi connectivity index (χ4v) is 3.13. The average molecular weight is 239 g/mol. The zero-order valence-electron chi connectivity index (χ0n) is 9.44. The smallest absolute Gasteiger partial charge is 0.310 e. The van der Waals surface area contributed by atoms with Crippen LogP contribution in [0.3, 0.4) is 0 Å². The molecule has 0 aromatic carbocycles. The molecule has 1 fully saturated rings. The summed E-state index contributed by atoms with van der Waals surface area (Å²) in [5.74, 6) is 0.251. The molecule has 4 heteroatoms. The third kappa shape index (κ3) is 2.44. The van der Waals surface area contributed by atoms with E-state index in [9.17, 15) is 4.79 Å². The number of carbonyl (C=O) groups excluding carboxylic acids is 1. The van der Waals surface area contributed by atoms with Crippen LogP contribution in [0.4, 0.5) is 0 Å². The van der Waals surface area contributed by atoms with Gasteiger partial charge in [0.2, 0.25) is 0 Å². The molecule has 1 aliphatic rings. The van der Waals surface area contributed by atoms with Crippen molar-refractivity contribution in [2.45, 2.75) is 19.3 Å². The Morgan fingerprint density at radius 2 is 2.56 bits per heavy atom. The quantitative estimate of drug-likeness (QED) is 0.820. The van der Waals surface area contributed by atoms with Crippen molar-refractivity contribution in [2.24, 2.45) is 5.92 Å². The summed E-state index contributed by atoms with van der Waals surface area (Å²) in [5, 5.41) is 5.34. The predicted octanol–water partition coefficient (Wildman–Crippen LogP) is 2.00. The maximum absolute atomic E-state index is 11.8. The number of hydrogen-bond donors (Lipinski definition) is 1. The summed E-state index contributed by atoms with van der Waals surface area (Å²) >= 11 is 1.73. The van der Waals surface area contributed by atoms with E-state index in [1.54, 1.807) is 11.3 Å². The first-order valence-corrected chi connectivity index (χ1v) is 6.61. The Morgan fingerprint density at radius 3 is 3.25 bits per heavy atom. The Hall–Kier alpha value is -0.870. The van der Waals surface area contributed by atoms with E-state index in [-0.39, 0.29) is 11.9 Å².